The summed E-state index contributed by atoms with van der Waals surface area (Å²) >= 11 is 1.27. The molecule has 1 amide bonds. The van der Waals surface area contributed by atoms with Gasteiger partial charge in [0.2, 0.25) is 10.0 Å². The lowest BCUT2D eigenvalue weighted by molar-refractivity contribution is 0.225. The van der Waals surface area contributed by atoms with Crippen molar-refractivity contribution in [3.05, 3.63) is 53.6 Å². The predicted octanol–water partition coefficient (Wildman–Crippen LogP) is 3.97. The van der Waals surface area contributed by atoms with Crippen LogP contribution in [0.3, 0.4) is 0 Å². The first kappa shape index (κ1) is 23.9. The molecule has 1 atom stereocenters. The summed E-state index contributed by atoms with van der Waals surface area (Å²) in [5.74, 6) is 1.24. The smallest absolute Gasteiger partial charge is 0.302 e. The van der Waals surface area contributed by atoms with Crippen molar-refractivity contribution in [2.45, 2.75) is 25.0 Å². The fraction of sp³-hybridized carbons (Fsp3) is 0.364. The fourth-order valence-corrected chi connectivity index (χ4v) is 4.84. The molecule has 2 aromatic carbocycles. The third-order valence-corrected chi connectivity index (χ3v) is 6.77. The van der Waals surface area contributed by atoms with Gasteiger partial charge in [0.25, 0.3) is 0 Å². The fourth-order valence-electron chi connectivity index (χ4n) is 3.32. The average molecular weight is 478 g/mol. The summed E-state index contributed by atoms with van der Waals surface area (Å²) in [5.41, 5.74) is 3.18. The van der Waals surface area contributed by atoms with Gasteiger partial charge < -0.3 is 9.47 Å². The van der Waals surface area contributed by atoms with E-state index in [1.54, 1.807) is 26.4 Å². The molecule has 0 saturated carbocycles. The van der Waals surface area contributed by atoms with Crippen LogP contribution in [0, 0.1) is 0 Å². The van der Waals surface area contributed by atoms with Gasteiger partial charge in [-0.3, -0.25) is 9.52 Å². The van der Waals surface area contributed by atoms with Crippen LogP contribution in [0.5, 0.6) is 11.5 Å². The minimum atomic E-state index is -3.32. The van der Waals surface area contributed by atoms with Crippen molar-refractivity contribution >= 4 is 38.4 Å². The summed E-state index contributed by atoms with van der Waals surface area (Å²) in [6.07, 6.45) is 2.47. The quantitative estimate of drug-likeness (QED) is 0.587. The summed E-state index contributed by atoms with van der Waals surface area (Å²) in [4.78, 5) is 12.7. The zero-order chi connectivity index (χ0) is 23.3. The molecule has 0 fully saturated rings. The number of nitrogens with zero attached hydrogens (tertiary/aromatic N) is 2. The van der Waals surface area contributed by atoms with Gasteiger partial charge in [0.05, 0.1) is 31.4 Å². The van der Waals surface area contributed by atoms with Gasteiger partial charge in [-0.15, -0.1) is 0 Å². The molecule has 10 heteroatoms. The highest BCUT2D eigenvalue weighted by Gasteiger charge is 2.30. The lowest BCUT2D eigenvalue weighted by Crippen LogP contribution is -2.36. The maximum Gasteiger partial charge on any atom is 0.302 e. The van der Waals surface area contributed by atoms with Gasteiger partial charge in [-0.2, -0.15) is 5.10 Å². The first-order valence-corrected chi connectivity index (χ1v) is 12.9. The van der Waals surface area contributed by atoms with Crippen LogP contribution in [0.4, 0.5) is 10.5 Å². The summed E-state index contributed by atoms with van der Waals surface area (Å²) in [6.45, 7) is 2.45. The minimum Gasteiger partial charge on any atom is -0.493 e. The molecule has 1 heterocycles. The van der Waals surface area contributed by atoms with Gasteiger partial charge in [-0.05, 0) is 48.7 Å². The van der Waals surface area contributed by atoms with E-state index in [-0.39, 0.29) is 10.5 Å². The Kier molecular flexibility index (Phi) is 7.68. The third kappa shape index (κ3) is 5.95. The van der Waals surface area contributed by atoms with Crippen molar-refractivity contribution in [1.82, 2.24) is 5.01 Å². The second kappa shape index (κ2) is 10.3. The number of rotatable bonds is 9. The number of carbonyl (C=O) groups excluding carboxylic acids is 1. The van der Waals surface area contributed by atoms with Crippen molar-refractivity contribution in [3.63, 3.8) is 0 Å². The Hall–Kier alpha value is -2.72. The number of anilines is 1. The van der Waals surface area contributed by atoms with Gasteiger partial charge in [-0.25, -0.2) is 13.4 Å². The highest BCUT2D eigenvalue weighted by molar-refractivity contribution is 8.14. The van der Waals surface area contributed by atoms with Crippen molar-refractivity contribution < 1.29 is 22.7 Å². The van der Waals surface area contributed by atoms with Crippen LogP contribution in [-0.2, 0) is 16.4 Å². The highest BCUT2D eigenvalue weighted by Crippen LogP contribution is 2.33. The molecule has 0 spiro atoms. The minimum absolute atomic E-state index is 0.0433. The molecule has 0 aromatic heterocycles. The molecule has 0 bridgehead atoms. The van der Waals surface area contributed by atoms with E-state index in [0.29, 0.717) is 30.2 Å². The molecule has 3 rings (SSSR count). The van der Waals surface area contributed by atoms with Crippen LogP contribution in [-0.4, -0.2) is 56.6 Å². The number of hydrogen-bond donors (Lipinski definition) is 1. The first-order chi connectivity index (χ1) is 15.2. The molecule has 32 heavy (non-hydrogen) atoms. The number of hydrazone groups is 1. The van der Waals surface area contributed by atoms with Crippen molar-refractivity contribution in [1.29, 1.82) is 0 Å². The molecule has 0 radical (unpaired) electrons. The second-order valence-corrected chi connectivity index (χ2v) is 10.2. The average Bonchev–Trinajstić information content (AvgIpc) is 2.77. The Labute approximate surface area is 193 Å². The molecule has 1 aliphatic heterocycles. The van der Waals surface area contributed by atoms with Crippen molar-refractivity contribution in [2.75, 3.05) is 31.7 Å². The van der Waals surface area contributed by atoms with Crippen molar-refractivity contribution in [3.8, 4) is 11.5 Å². The summed E-state index contributed by atoms with van der Waals surface area (Å²) < 4.78 is 35.9. The summed E-state index contributed by atoms with van der Waals surface area (Å²) in [5, 5.41) is 6.05. The Morgan fingerprint density at radius 2 is 1.78 bits per heavy atom. The van der Waals surface area contributed by atoms with E-state index in [1.807, 2.05) is 37.3 Å². The van der Waals surface area contributed by atoms with Gasteiger partial charge in [0, 0.05) is 17.8 Å². The van der Waals surface area contributed by atoms with E-state index in [9.17, 15) is 13.2 Å². The number of ether oxygens (including phenoxy) is 2. The van der Waals surface area contributed by atoms with Crippen LogP contribution in [0.25, 0.3) is 0 Å². The molecule has 0 aliphatic carbocycles. The van der Waals surface area contributed by atoms with Gasteiger partial charge in [-0.1, -0.05) is 30.8 Å². The summed E-state index contributed by atoms with van der Waals surface area (Å²) in [6, 6.07) is 12.7. The Bertz CT molecular complexity index is 1100. The number of thioether (sulfide) groups is 1. The topological polar surface area (TPSA) is 97.3 Å². The van der Waals surface area contributed by atoms with Gasteiger partial charge in [0.1, 0.15) is 0 Å². The zero-order valence-electron chi connectivity index (χ0n) is 18.5. The number of amides is 1. The maximum atomic E-state index is 12.7. The Morgan fingerprint density at radius 3 is 2.38 bits per heavy atom. The lowest BCUT2D eigenvalue weighted by Gasteiger charge is -2.28. The SMILES string of the molecule is CCC1SC(=O)N(CCc2ccc(NS(C)(=O)=O)cc2)N=C1c1ccc(OC)c(OC)c1. The van der Waals surface area contributed by atoms with Crippen LogP contribution in [0.1, 0.15) is 24.5 Å². The molecule has 1 unspecified atom stereocenters. The van der Waals surface area contributed by atoms with Crippen molar-refractivity contribution in [2.24, 2.45) is 5.10 Å². The van der Waals surface area contributed by atoms with Gasteiger partial charge >= 0.3 is 5.24 Å². The molecule has 172 valence electrons. The van der Waals surface area contributed by atoms with E-state index in [4.69, 9.17) is 9.47 Å². The predicted molar refractivity (Wildman–Crippen MR) is 128 cm³/mol. The molecular weight excluding hydrogens is 450 g/mol. The largest absolute Gasteiger partial charge is 0.493 e. The molecule has 1 aliphatic rings. The van der Waals surface area contributed by atoms with E-state index in [2.05, 4.69) is 9.82 Å². The normalized spacial score (nSPS) is 16.5. The van der Waals surface area contributed by atoms with E-state index >= 15 is 0 Å². The van der Waals surface area contributed by atoms with Crippen LogP contribution < -0.4 is 14.2 Å². The lowest BCUT2D eigenvalue weighted by atomic mass is 10.0. The molecule has 1 N–H and O–H groups in total. The van der Waals surface area contributed by atoms with E-state index in [0.717, 1.165) is 29.5 Å². The van der Waals surface area contributed by atoms with Gasteiger partial charge in [0.15, 0.2) is 11.5 Å². The number of benzene rings is 2. The van der Waals surface area contributed by atoms with Crippen LogP contribution in [0.15, 0.2) is 47.6 Å². The van der Waals surface area contributed by atoms with E-state index < -0.39 is 10.0 Å². The Balaban J connectivity index is 1.78. The van der Waals surface area contributed by atoms with Crippen LogP contribution >= 0.6 is 11.8 Å². The van der Waals surface area contributed by atoms with Crippen LogP contribution in [0.2, 0.25) is 0 Å². The maximum absolute atomic E-state index is 12.7. The second-order valence-electron chi connectivity index (χ2n) is 7.28. The zero-order valence-corrected chi connectivity index (χ0v) is 20.1. The molecule has 2 aromatic rings. The monoisotopic (exact) mass is 477 g/mol. The number of hydrogen-bond acceptors (Lipinski definition) is 7. The molecule has 8 nitrogen and oxygen atoms in total. The number of sulfonamides is 1. The first-order valence-electron chi connectivity index (χ1n) is 10.1. The molecular formula is C22H27N3O5S2. The Morgan fingerprint density at radius 1 is 1.09 bits per heavy atom. The molecule has 0 saturated heterocycles. The number of methoxy groups -OCH3 is 2. The number of carbonyl (C=O) groups is 1. The standard InChI is InChI=1S/C22H27N3O5S2/c1-5-20-21(16-8-11-18(29-2)19(14-16)30-3)23-25(22(26)31-20)13-12-15-6-9-17(10-7-15)24-32(4,27)28/h6-11,14,20,24H,5,12-13H2,1-4H3. The summed E-state index contributed by atoms with van der Waals surface area (Å²) in [7, 11) is -0.143. The highest BCUT2D eigenvalue weighted by atomic mass is 32.2. The van der Waals surface area contributed by atoms with E-state index in [1.165, 1.54) is 16.8 Å². The number of nitrogens with one attached hydrogen (secondary N) is 1. The third-order valence-electron chi connectivity index (χ3n) is 4.91.